The molecule has 3 nitrogen and oxygen atoms in total. The summed E-state index contributed by atoms with van der Waals surface area (Å²) in [4.78, 5) is 15.2. The summed E-state index contributed by atoms with van der Waals surface area (Å²) in [5.41, 5.74) is 3.43. The molecule has 1 amide bonds. The van der Waals surface area contributed by atoms with Gasteiger partial charge in [-0.3, -0.25) is 9.69 Å². The lowest BCUT2D eigenvalue weighted by Gasteiger charge is -2.39. The number of halogens is 1. The molecule has 0 bridgehead atoms. The highest BCUT2D eigenvalue weighted by Crippen LogP contribution is 2.34. The Bertz CT molecular complexity index is 944. The SMILES string of the molecule is O=C(NCc1ccccc1)[C@H]1CC[C@@H](c2ccccc2)N(Cc2ccc(F)cc2)C1. The molecule has 0 saturated carbocycles. The highest BCUT2D eigenvalue weighted by molar-refractivity contribution is 5.79. The fraction of sp³-hybridized carbons (Fsp3) is 0.269. The lowest BCUT2D eigenvalue weighted by molar-refractivity contribution is -0.127. The molecule has 2 atom stereocenters. The molecule has 30 heavy (non-hydrogen) atoms. The number of amides is 1. The monoisotopic (exact) mass is 402 g/mol. The number of hydrogen-bond acceptors (Lipinski definition) is 2. The number of nitrogens with zero attached hydrogens (tertiary/aromatic N) is 1. The van der Waals surface area contributed by atoms with Gasteiger partial charge < -0.3 is 5.32 Å². The van der Waals surface area contributed by atoms with Gasteiger partial charge in [0.15, 0.2) is 0 Å². The third-order valence-corrected chi connectivity index (χ3v) is 5.85. The number of hydrogen-bond donors (Lipinski definition) is 1. The third kappa shape index (κ3) is 5.14. The van der Waals surface area contributed by atoms with Crippen molar-refractivity contribution in [1.82, 2.24) is 10.2 Å². The van der Waals surface area contributed by atoms with E-state index in [2.05, 4.69) is 34.5 Å². The van der Waals surface area contributed by atoms with Crippen molar-refractivity contribution in [2.45, 2.75) is 32.0 Å². The van der Waals surface area contributed by atoms with Crippen LogP contribution in [0.3, 0.4) is 0 Å². The number of nitrogens with one attached hydrogen (secondary N) is 1. The normalized spacial score (nSPS) is 19.4. The minimum Gasteiger partial charge on any atom is -0.352 e. The Morgan fingerprint density at radius 2 is 1.53 bits per heavy atom. The van der Waals surface area contributed by atoms with Gasteiger partial charge in [-0.2, -0.15) is 0 Å². The van der Waals surface area contributed by atoms with E-state index in [1.807, 2.05) is 48.5 Å². The molecular weight excluding hydrogens is 375 g/mol. The Hall–Kier alpha value is -2.98. The summed E-state index contributed by atoms with van der Waals surface area (Å²) in [6.07, 6.45) is 1.79. The van der Waals surface area contributed by atoms with Crippen LogP contribution in [0.25, 0.3) is 0 Å². The lowest BCUT2D eigenvalue weighted by Crippen LogP contribution is -2.44. The van der Waals surface area contributed by atoms with E-state index in [9.17, 15) is 9.18 Å². The van der Waals surface area contributed by atoms with Gasteiger partial charge in [0.1, 0.15) is 5.82 Å². The van der Waals surface area contributed by atoms with Crippen LogP contribution in [0.2, 0.25) is 0 Å². The van der Waals surface area contributed by atoms with E-state index in [-0.39, 0.29) is 23.7 Å². The minimum atomic E-state index is -0.227. The molecule has 1 N–H and O–H groups in total. The summed E-state index contributed by atoms with van der Waals surface area (Å²) in [7, 11) is 0. The summed E-state index contributed by atoms with van der Waals surface area (Å²) in [6, 6.07) is 27.3. The molecule has 154 valence electrons. The second-order valence-corrected chi connectivity index (χ2v) is 7.96. The molecule has 0 spiro atoms. The summed E-state index contributed by atoms with van der Waals surface area (Å²) in [5.74, 6) is -0.168. The average molecular weight is 403 g/mol. The fourth-order valence-electron chi connectivity index (χ4n) is 4.24. The highest BCUT2D eigenvalue weighted by atomic mass is 19.1. The van der Waals surface area contributed by atoms with Gasteiger partial charge in [0.05, 0.1) is 5.92 Å². The highest BCUT2D eigenvalue weighted by Gasteiger charge is 2.32. The number of piperidine rings is 1. The zero-order valence-electron chi connectivity index (χ0n) is 17.0. The molecule has 1 saturated heterocycles. The van der Waals surface area contributed by atoms with Gasteiger partial charge >= 0.3 is 0 Å². The van der Waals surface area contributed by atoms with E-state index in [1.165, 1.54) is 17.7 Å². The van der Waals surface area contributed by atoms with E-state index in [0.29, 0.717) is 19.6 Å². The molecule has 4 rings (SSSR count). The van der Waals surface area contributed by atoms with Gasteiger partial charge in [-0.1, -0.05) is 72.8 Å². The Labute approximate surface area is 177 Å². The van der Waals surface area contributed by atoms with Crippen molar-refractivity contribution in [3.8, 4) is 0 Å². The number of carbonyl (C=O) groups excluding carboxylic acids is 1. The fourth-order valence-corrected chi connectivity index (χ4v) is 4.24. The summed E-state index contributed by atoms with van der Waals surface area (Å²) >= 11 is 0. The quantitative estimate of drug-likeness (QED) is 0.622. The first-order chi connectivity index (χ1) is 14.7. The minimum absolute atomic E-state index is 0.0471. The van der Waals surface area contributed by atoms with Gasteiger partial charge in [0.2, 0.25) is 5.91 Å². The molecule has 1 heterocycles. The molecule has 4 heteroatoms. The maximum atomic E-state index is 13.3. The Kier molecular flexibility index (Phi) is 6.55. The topological polar surface area (TPSA) is 32.3 Å². The van der Waals surface area contributed by atoms with E-state index in [4.69, 9.17) is 0 Å². The van der Waals surface area contributed by atoms with Crippen LogP contribution in [0.15, 0.2) is 84.9 Å². The van der Waals surface area contributed by atoms with Crippen LogP contribution in [-0.2, 0) is 17.9 Å². The molecule has 0 radical (unpaired) electrons. The zero-order valence-corrected chi connectivity index (χ0v) is 17.0. The molecular formula is C26H27FN2O. The summed E-state index contributed by atoms with van der Waals surface area (Å²) < 4.78 is 13.3. The van der Waals surface area contributed by atoms with Gasteiger partial charge in [0, 0.05) is 25.7 Å². The predicted molar refractivity (Wildman–Crippen MR) is 117 cm³/mol. The molecule has 0 aromatic heterocycles. The van der Waals surface area contributed by atoms with Crippen LogP contribution >= 0.6 is 0 Å². The molecule has 1 aliphatic rings. The standard InChI is InChI=1S/C26H27FN2O/c27-24-14-11-21(12-15-24)18-29-19-23(13-16-25(29)22-9-5-2-6-10-22)26(30)28-17-20-7-3-1-4-8-20/h1-12,14-15,23,25H,13,16-19H2,(H,28,30)/t23-,25-/m0/s1. The number of likely N-dealkylation sites (tertiary alicyclic amines) is 1. The van der Waals surface area contributed by atoms with E-state index in [1.54, 1.807) is 0 Å². The Morgan fingerprint density at radius 3 is 2.23 bits per heavy atom. The van der Waals surface area contributed by atoms with Gasteiger partial charge in [0.25, 0.3) is 0 Å². The van der Waals surface area contributed by atoms with E-state index in [0.717, 1.165) is 24.0 Å². The first-order valence-corrected chi connectivity index (χ1v) is 10.5. The first-order valence-electron chi connectivity index (χ1n) is 10.5. The van der Waals surface area contributed by atoms with Crippen molar-refractivity contribution in [3.05, 3.63) is 107 Å². The largest absolute Gasteiger partial charge is 0.352 e. The van der Waals surface area contributed by atoms with Gasteiger partial charge in [-0.05, 0) is 41.7 Å². The Morgan fingerprint density at radius 1 is 0.867 bits per heavy atom. The number of rotatable bonds is 6. The molecule has 3 aromatic rings. The Balaban J connectivity index is 1.46. The summed E-state index contributed by atoms with van der Waals surface area (Å²) in [5, 5.41) is 3.10. The average Bonchev–Trinajstić information content (AvgIpc) is 2.80. The van der Waals surface area contributed by atoms with Crippen LogP contribution in [0.4, 0.5) is 4.39 Å². The zero-order chi connectivity index (χ0) is 20.8. The first kappa shape index (κ1) is 20.3. The van der Waals surface area contributed by atoms with E-state index < -0.39 is 0 Å². The van der Waals surface area contributed by atoms with Crippen LogP contribution in [0.1, 0.15) is 35.6 Å². The second-order valence-electron chi connectivity index (χ2n) is 7.96. The maximum Gasteiger partial charge on any atom is 0.224 e. The second kappa shape index (κ2) is 9.68. The lowest BCUT2D eigenvalue weighted by atomic mass is 9.88. The molecule has 0 aliphatic carbocycles. The van der Waals surface area contributed by atoms with Gasteiger partial charge in [-0.25, -0.2) is 4.39 Å². The van der Waals surface area contributed by atoms with Crippen LogP contribution in [0, 0.1) is 11.7 Å². The summed E-state index contributed by atoms with van der Waals surface area (Å²) in [6.45, 7) is 1.94. The molecule has 1 aliphatic heterocycles. The predicted octanol–water partition coefficient (Wildman–Crippen LogP) is 5.10. The van der Waals surface area contributed by atoms with Crippen molar-refractivity contribution < 1.29 is 9.18 Å². The van der Waals surface area contributed by atoms with Gasteiger partial charge in [-0.15, -0.1) is 0 Å². The molecule has 0 unspecified atom stereocenters. The van der Waals surface area contributed by atoms with Crippen LogP contribution in [-0.4, -0.2) is 17.4 Å². The van der Waals surface area contributed by atoms with Crippen molar-refractivity contribution in [2.24, 2.45) is 5.92 Å². The number of benzene rings is 3. The molecule has 3 aromatic carbocycles. The number of carbonyl (C=O) groups is 1. The van der Waals surface area contributed by atoms with E-state index >= 15 is 0 Å². The van der Waals surface area contributed by atoms with Crippen molar-refractivity contribution in [3.63, 3.8) is 0 Å². The van der Waals surface area contributed by atoms with Crippen molar-refractivity contribution in [2.75, 3.05) is 6.54 Å². The molecule has 1 fully saturated rings. The van der Waals surface area contributed by atoms with Crippen LogP contribution in [0.5, 0.6) is 0 Å². The maximum absolute atomic E-state index is 13.3. The third-order valence-electron chi connectivity index (χ3n) is 5.85. The van der Waals surface area contributed by atoms with Crippen molar-refractivity contribution in [1.29, 1.82) is 0 Å². The van der Waals surface area contributed by atoms with Crippen molar-refractivity contribution >= 4 is 5.91 Å². The smallest absolute Gasteiger partial charge is 0.224 e. The van der Waals surface area contributed by atoms with Crippen LogP contribution < -0.4 is 5.32 Å².